The Hall–Kier alpha value is -2.53. The lowest BCUT2D eigenvalue weighted by Gasteiger charge is -2.30. The highest BCUT2D eigenvalue weighted by Gasteiger charge is 2.23. The van der Waals surface area contributed by atoms with Crippen LogP contribution in [-0.2, 0) is 23.9 Å². The number of allylic oxidation sites excluding steroid dienone is 4. The third-order valence-corrected chi connectivity index (χ3v) is 4.56. The molecule has 1 saturated heterocycles. The maximum absolute atomic E-state index is 12.1. The first-order chi connectivity index (χ1) is 13.4. The van der Waals surface area contributed by atoms with E-state index in [1.807, 2.05) is 26.0 Å². The SMILES string of the molecule is C=C1C[C@@H]2C/C=C/C(=O)C/C(C)=C\C=C\C(=O)O[C@H](C=O)C/C(C)=C/[C@H](C1)O2. The summed E-state index contributed by atoms with van der Waals surface area (Å²) >= 11 is 0. The van der Waals surface area contributed by atoms with Crippen molar-refractivity contribution in [1.82, 2.24) is 0 Å². The van der Waals surface area contributed by atoms with Gasteiger partial charge in [0.1, 0.15) is 0 Å². The van der Waals surface area contributed by atoms with Crippen molar-refractivity contribution in [3.8, 4) is 0 Å². The van der Waals surface area contributed by atoms with E-state index in [1.54, 1.807) is 12.2 Å². The summed E-state index contributed by atoms with van der Waals surface area (Å²) in [6.07, 6.45) is 12.2. The van der Waals surface area contributed by atoms with E-state index in [4.69, 9.17) is 9.47 Å². The molecule has 150 valence electrons. The number of hydrogen-bond donors (Lipinski definition) is 0. The Labute approximate surface area is 166 Å². The van der Waals surface area contributed by atoms with Gasteiger partial charge in [0.05, 0.1) is 12.2 Å². The monoisotopic (exact) mass is 384 g/mol. The Kier molecular flexibility index (Phi) is 8.33. The van der Waals surface area contributed by atoms with Crippen LogP contribution in [0.25, 0.3) is 0 Å². The fourth-order valence-electron chi connectivity index (χ4n) is 3.31. The van der Waals surface area contributed by atoms with Gasteiger partial charge in [-0.25, -0.2) is 4.79 Å². The van der Waals surface area contributed by atoms with Crippen molar-refractivity contribution < 1.29 is 23.9 Å². The molecule has 0 aromatic rings. The van der Waals surface area contributed by atoms with Crippen LogP contribution in [0.3, 0.4) is 0 Å². The van der Waals surface area contributed by atoms with E-state index >= 15 is 0 Å². The second-order valence-corrected chi connectivity index (χ2v) is 7.44. The number of ether oxygens (including phenoxy) is 2. The molecule has 1 fully saturated rings. The second-order valence-electron chi connectivity index (χ2n) is 7.44. The number of fused-ring (bicyclic) bond motifs is 2. The standard InChI is InChI=1S/C23H28O5/c1-16-6-4-9-23(26)28-22(15-24)14-18(3)13-21-12-17(2)11-20(27-21)8-5-7-19(25)10-16/h4-7,9,13,15,20-22H,2,8,10-12,14H2,1,3H3/b7-5+,9-4+,16-6-,18-13+/t20-,21-,22-/m0/s1. The quantitative estimate of drug-likeness (QED) is 0.389. The summed E-state index contributed by atoms with van der Waals surface area (Å²) in [5.41, 5.74) is 2.84. The fourth-order valence-corrected chi connectivity index (χ4v) is 3.31. The van der Waals surface area contributed by atoms with Crippen molar-refractivity contribution >= 4 is 18.0 Å². The second kappa shape index (κ2) is 10.7. The molecule has 0 aliphatic carbocycles. The number of ketones is 1. The average molecular weight is 384 g/mol. The van der Waals surface area contributed by atoms with E-state index in [-0.39, 0.29) is 24.4 Å². The van der Waals surface area contributed by atoms with E-state index < -0.39 is 12.1 Å². The van der Waals surface area contributed by atoms with Gasteiger partial charge in [0.25, 0.3) is 0 Å². The van der Waals surface area contributed by atoms with E-state index in [1.165, 1.54) is 12.2 Å². The van der Waals surface area contributed by atoms with E-state index in [0.717, 1.165) is 29.6 Å². The third kappa shape index (κ3) is 7.61. The van der Waals surface area contributed by atoms with Gasteiger partial charge in [0, 0.05) is 18.9 Å². The molecule has 0 aromatic carbocycles. The van der Waals surface area contributed by atoms with Gasteiger partial charge < -0.3 is 9.47 Å². The Morgan fingerprint density at radius 2 is 1.89 bits per heavy atom. The molecule has 0 N–H and O–H groups in total. The van der Waals surface area contributed by atoms with Crippen molar-refractivity contribution in [2.45, 2.75) is 64.3 Å². The Bertz CT molecular complexity index is 738. The molecule has 2 heterocycles. The molecule has 28 heavy (non-hydrogen) atoms. The highest BCUT2D eigenvalue weighted by Crippen LogP contribution is 2.27. The first-order valence-electron chi connectivity index (χ1n) is 9.54. The predicted octanol–water partition coefficient (Wildman–Crippen LogP) is 3.96. The smallest absolute Gasteiger partial charge is 0.331 e. The van der Waals surface area contributed by atoms with Crippen molar-refractivity contribution in [2.24, 2.45) is 0 Å². The molecular formula is C23H28O5. The summed E-state index contributed by atoms with van der Waals surface area (Å²) in [6.45, 7) is 7.81. The van der Waals surface area contributed by atoms with Crippen LogP contribution in [0, 0.1) is 0 Å². The zero-order valence-electron chi connectivity index (χ0n) is 16.6. The average Bonchev–Trinajstić information content (AvgIpc) is 2.59. The largest absolute Gasteiger partial charge is 0.451 e. The number of cyclic esters (lactones) is 1. The Morgan fingerprint density at radius 1 is 1.11 bits per heavy atom. The summed E-state index contributed by atoms with van der Waals surface area (Å²) < 4.78 is 11.3. The van der Waals surface area contributed by atoms with Gasteiger partial charge in [0.2, 0.25) is 0 Å². The van der Waals surface area contributed by atoms with Crippen LogP contribution in [0.4, 0.5) is 0 Å². The number of aldehydes is 1. The first-order valence-corrected chi connectivity index (χ1v) is 9.54. The molecule has 0 radical (unpaired) electrons. The number of esters is 1. The fraction of sp³-hybridized carbons (Fsp3) is 0.435. The minimum absolute atomic E-state index is 0.00575. The van der Waals surface area contributed by atoms with Gasteiger partial charge in [-0.05, 0) is 39.2 Å². The first kappa shape index (κ1) is 21.8. The lowest BCUT2D eigenvalue weighted by Crippen LogP contribution is -2.27. The minimum atomic E-state index is -0.843. The molecule has 0 unspecified atom stereocenters. The zero-order chi connectivity index (χ0) is 20.5. The summed E-state index contributed by atoms with van der Waals surface area (Å²) in [6, 6.07) is 0. The van der Waals surface area contributed by atoms with Crippen LogP contribution < -0.4 is 0 Å². The van der Waals surface area contributed by atoms with Crippen LogP contribution in [0.2, 0.25) is 0 Å². The molecule has 5 nitrogen and oxygen atoms in total. The lowest BCUT2D eigenvalue weighted by molar-refractivity contribution is -0.146. The molecule has 5 heteroatoms. The van der Waals surface area contributed by atoms with E-state index in [2.05, 4.69) is 6.58 Å². The molecule has 3 atom stereocenters. The summed E-state index contributed by atoms with van der Waals surface area (Å²) in [7, 11) is 0. The highest BCUT2D eigenvalue weighted by atomic mass is 16.5. The van der Waals surface area contributed by atoms with Gasteiger partial charge in [-0.1, -0.05) is 47.6 Å². The molecule has 2 rings (SSSR count). The predicted molar refractivity (Wildman–Crippen MR) is 108 cm³/mol. The molecule has 0 saturated carbocycles. The molecule has 2 aliphatic rings. The third-order valence-electron chi connectivity index (χ3n) is 4.56. The maximum atomic E-state index is 12.1. The van der Waals surface area contributed by atoms with Crippen LogP contribution in [0.5, 0.6) is 0 Å². The van der Waals surface area contributed by atoms with Gasteiger partial charge in [-0.2, -0.15) is 0 Å². The molecule has 0 amide bonds. The zero-order valence-corrected chi connectivity index (χ0v) is 16.6. The summed E-state index contributed by atoms with van der Waals surface area (Å²) in [5.74, 6) is -0.600. The van der Waals surface area contributed by atoms with E-state index in [9.17, 15) is 14.4 Å². The molecule has 0 aromatic heterocycles. The van der Waals surface area contributed by atoms with Crippen LogP contribution in [0.15, 0.2) is 59.8 Å². The normalized spacial score (nSPS) is 33.9. The van der Waals surface area contributed by atoms with Gasteiger partial charge in [0.15, 0.2) is 18.2 Å². The van der Waals surface area contributed by atoms with E-state index in [0.29, 0.717) is 19.1 Å². The van der Waals surface area contributed by atoms with Crippen molar-refractivity contribution in [1.29, 1.82) is 0 Å². The number of rotatable bonds is 1. The van der Waals surface area contributed by atoms with Crippen LogP contribution in [-0.4, -0.2) is 36.4 Å². The maximum Gasteiger partial charge on any atom is 0.331 e. The summed E-state index contributed by atoms with van der Waals surface area (Å²) in [4.78, 5) is 35.3. The molecule has 2 aliphatic heterocycles. The number of hydrogen-bond acceptors (Lipinski definition) is 5. The molecule has 0 spiro atoms. The number of carbonyl (C=O) groups is 3. The van der Waals surface area contributed by atoms with Crippen molar-refractivity contribution in [2.75, 3.05) is 0 Å². The Balaban J connectivity index is 2.22. The minimum Gasteiger partial charge on any atom is -0.451 e. The van der Waals surface area contributed by atoms with Gasteiger partial charge >= 0.3 is 5.97 Å². The van der Waals surface area contributed by atoms with Gasteiger partial charge in [-0.15, -0.1) is 0 Å². The van der Waals surface area contributed by atoms with Crippen molar-refractivity contribution in [3.63, 3.8) is 0 Å². The topological polar surface area (TPSA) is 69.7 Å². The Morgan fingerprint density at radius 3 is 2.64 bits per heavy atom. The summed E-state index contributed by atoms with van der Waals surface area (Å²) in [5, 5.41) is 0. The van der Waals surface area contributed by atoms with Gasteiger partial charge in [-0.3, -0.25) is 9.59 Å². The van der Waals surface area contributed by atoms with Crippen LogP contribution >= 0.6 is 0 Å². The van der Waals surface area contributed by atoms with Crippen molar-refractivity contribution in [3.05, 3.63) is 59.8 Å². The lowest BCUT2D eigenvalue weighted by atomic mass is 9.95. The molecule has 2 bridgehead atoms. The van der Waals surface area contributed by atoms with Crippen LogP contribution in [0.1, 0.15) is 46.0 Å². The number of carbonyl (C=O) groups excluding carboxylic acids is 3. The highest BCUT2D eigenvalue weighted by molar-refractivity contribution is 5.91. The molecular weight excluding hydrogens is 356 g/mol.